The molecule has 2 nitrogen and oxygen atoms in total. The quantitative estimate of drug-likeness (QED) is 0.663. The van der Waals surface area contributed by atoms with E-state index < -0.39 is 5.97 Å². The molecule has 0 bridgehead atoms. The van der Waals surface area contributed by atoms with Crippen molar-refractivity contribution < 1.29 is 9.90 Å². The second kappa shape index (κ2) is 4.23. The zero-order valence-electron chi connectivity index (χ0n) is 8.91. The van der Waals surface area contributed by atoms with E-state index in [1.165, 1.54) is 11.3 Å². The summed E-state index contributed by atoms with van der Waals surface area (Å²) in [6.45, 7) is 0. The number of carboxylic acid groups (broad SMARTS) is 1. The summed E-state index contributed by atoms with van der Waals surface area (Å²) in [6, 6.07) is 9.29. The lowest BCUT2D eigenvalue weighted by molar-refractivity contribution is 0.0699. The van der Waals surface area contributed by atoms with E-state index in [-0.39, 0.29) is 0 Å². The molecule has 3 rings (SSSR count). The van der Waals surface area contributed by atoms with Gasteiger partial charge < -0.3 is 5.11 Å². The normalized spacial score (nSPS) is 11.2. The van der Waals surface area contributed by atoms with Gasteiger partial charge in [0, 0.05) is 9.86 Å². The van der Waals surface area contributed by atoms with E-state index in [9.17, 15) is 9.90 Å². The maximum atomic E-state index is 11.3. The second-order valence-corrected chi connectivity index (χ2v) is 6.49. The Morgan fingerprint density at radius 2 is 2.00 bits per heavy atom. The van der Waals surface area contributed by atoms with Crippen LogP contribution < -0.4 is 0 Å². The van der Waals surface area contributed by atoms with E-state index in [1.54, 1.807) is 6.07 Å². The van der Waals surface area contributed by atoms with Gasteiger partial charge in [-0.3, -0.25) is 0 Å². The Bertz CT molecular complexity index is 794. The van der Waals surface area contributed by atoms with Crippen molar-refractivity contribution in [2.45, 2.75) is 0 Å². The third-order valence-corrected chi connectivity index (χ3v) is 4.57. The molecule has 0 aliphatic rings. The summed E-state index contributed by atoms with van der Waals surface area (Å²) in [5, 5.41) is 12.1. The monoisotopic (exact) mass is 340 g/mol. The highest BCUT2D eigenvalue weighted by Gasteiger charge is 2.15. The number of rotatable bonds is 1. The van der Waals surface area contributed by atoms with Crippen LogP contribution in [0, 0.1) is 0 Å². The van der Waals surface area contributed by atoms with Crippen LogP contribution in [-0.4, -0.2) is 11.1 Å². The fourth-order valence-corrected chi connectivity index (χ4v) is 3.64. The van der Waals surface area contributed by atoms with Crippen LogP contribution in [0.2, 0.25) is 4.34 Å². The van der Waals surface area contributed by atoms with Crippen LogP contribution in [0.5, 0.6) is 0 Å². The Labute approximate surface area is 120 Å². The summed E-state index contributed by atoms with van der Waals surface area (Å²) in [6.07, 6.45) is 0. The first-order chi connectivity index (χ1) is 8.56. The van der Waals surface area contributed by atoms with Gasteiger partial charge in [-0.25, -0.2) is 4.79 Å². The first-order valence-electron chi connectivity index (χ1n) is 5.11. The number of halogens is 2. The molecule has 0 fully saturated rings. The number of hydrogen-bond acceptors (Lipinski definition) is 2. The van der Waals surface area contributed by atoms with Gasteiger partial charge in [0.25, 0.3) is 0 Å². The first kappa shape index (κ1) is 12.0. The highest BCUT2D eigenvalue weighted by atomic mass is 79.9. The number of hydrogen-bond donors (Lipinski definition) is 1. The van der Waals surface area contributed by atoms with Crippen molar-refractivity contribution >= 4 is 65.7 Å². The zero-order chi connectivity index (χ0) is 12.9. The Balaban J connectivity index is 2.57. The van der Waals surface area contributed by atoms with Crippen LogP contribution in [0.1, 0.15) is 10.4 Å². The van der Waals surface area contributed by atoms with Crippen LogP contribution >= 0.6 is 38.9 Å². The predicted octanol–water partition coefficient (Wildman–Crippen LogP) is 5.17. The summed E-state index contributed by atoms with van der Waals surface area (Å²) in [4.78, 5) is 11.3. The lowest BCUT2D eigenvalue weighted by atomic mass is 10.0. The van der Waals surface area contributed by atoms with Gasteiger partial charge in [-0.2, -0.15) is 0 Å². The summed E-state index contributed by atoms with van der Waals surface area (Å²) in [5.74, 6) is -0.927. The molecule has 5 heteroatoms. The summed E-state index contributed by atoms with van der Waals surface area (Å²) in [5.41, 5.74) is 0.303. The van der Waals surface area contributed by atoms with Gasteiger partial charge in [-0.15, -0.1) is 11.3 Å². The van der Waals surface area contributed by atoms with E-state index in [1.807, 2.05) is 24.3 Å². The Morgan fingerprint density at radius 1 is 1.22 bits per heavy atom. The number of carbonyl (C=O) groups is 1. The van der Waals surface area contributed by atoms with E-state index in [4.69, 9.17) is 11.6 Å². The van der Waals surface area contributed by atoms with Crippen LogP contribution in [0.15, 0.2) is 34.8 Å². The Kier molecular flexibility index (Phi) is 2.81. The summed E-state index contributed by atoms with van der Waals surface area (Å²) < 4.78 is 2.28. The minimum Gasteiger partial charge on any atom is -0.478 e. The molecule has 18 heavy (non-hydrogen) atoms. The van der Waals surface area contributed by atoms with Crippen LogP contribution in [0.4, 0.5) is 0 Å². The zero-order valence-corrected chi connectivity index (χ0v) is 12.1. The smallest absolute Gasteiger partial charge is 0.337 e. The number of benzene rings is 2. The molecule has 0 atom stereocenters. The van der Waals surface area contributed by atoms with Crippen molar-refractivity contribution in [2.75, 3.05) is 0 Å². The van der Waals surface area contributed by atoms with Gasteiger partial charge in [-0.05, 0) is 35.0 Å². The SMILES string of the molecule is O=C(O)c1cc2ccc(Br)cc2c2cc(Cl)sc12. The van der Waals surface area contributed by atoms with Crippen LogP contribution in [0.3, 0.4) is 0 Å². The fourth-order valence-electron chi connectivity index (χ4n) is 2.03. The molecule has 0 spiro atoms. The summed E-state index contributed by atoms with van der Waals surface area (Å²) in [7, 11) is 0. The predicted molar refractivity (Wildman–Crippen MR) is 79.0 cm³/mol. The van der Waals surface area contributed by atoms with Gasteiger partial charge in [-0.1, -0.05) is 33.6 Å². The molecule has 1 N–H and O–H groups in total. The maximum Gasteiger partial charge on any atom is 0.337 e. The molecule has 0 aliphatic heterocycles. The molecule has 0 saturated heterocycles. The molecule has 0 amide bonds. The average molecular weight is 342 g/mol. The van der Waals surface area contributed by atoms with Gasteiger partial charge in [0.15, 0.2) is 0 Å². The highest BCUT2D eigenvalue weighted by Crippen LogP contribution is 2.38. The lowest BCUT2D eigenvalue weighted by Gasteiger charge is -2.04. The van der Waals surface area contributed by atoms with Crippen LogP contribution in [-0.2, 0) is 0 Å². The van der Waals surface area contributed by atoms with Crippen LogP contribution in [0.25, 0.3) is 20.9 Å². The minimum atomic E-state index is -0.927. The molecule has 0 radical (unpaired) electrons. The molecule has 90 valence electrons. The third-order valence-electron chi connectivity index (χ3n) is 2.78. The van der Waals surface area contributed by atoms with Crippen molar-refractivity contribution in [1.82, 2.24) is 0 Å². The van der Waals surface area contributed by atoms with Gasteiger partial charge >= 0.3 is 5.97 Å². The lowest BCUT2D eigenvalue weighted by Crippen LogP contribution is -1.96. The standard InChI is InChI=1S/C13H6BrClO2S/c14-7-2-1-6-3-10(13(16)17)12-9(8(6)4-7)5-11(15)18-12/h1-5H,(H,16,17). The van der Waals surface area contributed by atoms with Crippen molar-refractivity contribution in [1.29, 1.82) is 0 Å². The van der Waals surface area contributed by atoms with Gasteiger partial charge in [0.1, 0.15) is 0 Å². The van der Waals surface area contributed by atoms with E-state index in [2.05, 4.69) is 15.9 Å². The minimum absolute atomic E-state index is 0.303. The van der Waals surface area contributed by atoms with E-state index in [0.717, 1.165) is 25.3 Å². The summed E-state index contributed by atoms with van der Waals surface area (Å²) >= 11 is 10.7. The number of thiophene rings is 1. The fraction of sp³-hybridized carbons (Fsp3) is 0. The van der Waals surface area contributed by atoms with Crippen molar-refractivity contribution in [2.24, 2.45) is 0 Å². The van der Waals surface area contributed by atoms with Crippen molar-refractivity contribution in [3.05, 3.63) is 44.7 Å². The van der Waals surface area contributed by atoms with Gasteiger partial charge in [0.2, 0.25) is 0 Å². The molecule has 0 aliphatic carbocycles. The molecule has 2 aromatic carbocycles. The second-order valence-electron chi connectivity index (χ2n) is 3.89. The van der Waals surface area contributed by atoms with Gasteiger partial charge in [0.05, 0.1) is 14.6 Å². The average Bonchev–Trinajstić information content (AvgIpc) is 2.69. The molecule has 0 saturated carbocycles. The molecule has 0 unspecified atom stereocenters. The highest BCUT2D eigenvalue weighted by molar-refractivity contribution is 9.10. The number of aromatic carboxylic acids is 1. The Morgan fingerprint density at radius 3 is 2.72 bits per heavy atom. The Hall–Kier alpha value is -1.10. The third kappa shape index (κ3) is 1.81. The molecular formula is C13H6BrClO2S. The largest absolute Gasteiger partial charge is 0.478 e. The number of fused-ring (bicyclic) bond motifs is 3. The maximum absolute atomic E-state index is 11.3. The topological polar surface area (TPSA) is 37.3 Å². The van der Waals surface area contributed by atoms with Crippen molar-refractivity contribution in [3.63, 3.8) is 0 Å². The van der Waals surface area contributed by atoms with E-state index >= 15 is 0 Å². The number of carboxylic acids is 1. The molecular weight excluding hydrogens is 336 g/mol. The molecule has 1 heterocycles. The van der Waals surface area contributed by atoms with Crippen molar-refractivity contribution in [3.8, 4) is 0 Å². The molecule has 3 aromatic rings. The molecule has 1 aromatic heterocycles. The first-order valence-corrected chi connectivity index (χ1v) is 7.09. The van der Waals surface area contributed by atoms with E-state index in [0.29, 0.717) is 9.90 Å².